The smallest absolute Gasteiger partial charge is 0.241 e. The quantitative estimate of drug-likeness (QED) is 0.787. The first kappa shape index (κ1) is 14.9. The lowest BCUT2D eigenvalue weighted by atomic mass is 10.1. The minimum Gasteiger partial charge on any atom is -0.241 e. The van der Waals surface area contributed by atoms with Gasteiger partial charge in [-0.2, -0.15) is 18.4 Å². The second-order valence-electron chi connectivity index (χ2n) is 4.34. The molecule has 2 aromatic heterocycles. The van der Waals surface area contributed by atoms with Crippen molar-refractivity contribution in [2.24, 2.45) is 0 Å². The summed E-state index contributed by atoms with van der Waals surface area (Å²) in [5.74, 6) is 0.462. The van der Waals surface area contributed by atoms with Crippen molar-refractivity contribution in [2.75, 3.05) is 0 Å². The van der Waals surface area contributed by atoms with E-state index in [2.05, 4.69) is 25.6 Å². The summed E-state index contributed by atoms with van der Waals surface area (Å²) in [6, 6.07) is 3.73. The molecule has 0 spiro atoms. The van der Waals surface area contributed by atoms with Gasteiger partial charge in [0.05, 0.1) is 22.7 Å². The number of aromatic amines is 1. The number of tetrazole rings is 1. The van der Waals surface area contributed by atoms with E-state index in [-0.39, 0.29) is 5.02 Å². The van der Waals surface area contributed by atoms with E-state index in [4.69, 9.17) is 11.6 Å². The Morgan fingerprint density at radius 3 is 2.77 bits per heavy atom. The summed E-state index contributed by atoms with van der Waals surface area (Å²) in [4.78, 5) is 4.29. The minimum absolute atomic E-state index is 0.333. The summed E-state index contributed by atoms with van der Waals surface area (Å²) in [5.41, 5.74) is 0.146. The first-order valence-corrected chi connectivity index (χ1v) is 7.23. The van der Waals surface area contributed by atoms with Crippen LogP contribution in [0.2, 0.25) is 5.02 Å². The summed E-state index contributed by atoms with van der Waals surface area (Å²) in [7, 11) is 0. The zero-order valence-electron chi connectivity index (χ0n) is 10.7. The molecule has 0 fully saturated rings. The number of benzene rings is 1. The molecule has 114 valence electrons. The summed E-state index contributed by atoms with van der Waals surface area (Å²) >= 11 is 6.85. The SMILES string of the molecule is FC(F)(F)c1cc(-c2nc(Cc3nn[nH]n3)cs2)ccc1Cl. The maximum atomic E-state index is 12.9. The van der Waals surface area contributed by atoms with Crippen LogP contribution in [-0.4, -0.2) is 25.6 Å². The molecule has 0 aliphatic carbocycles. The van der Waals surface area contributed by atoms with Gasteiger partial charge in [-0.3, -0.25) is 0 Å². The highest BCUT2D eigenvalue weighted by atomic mass is 35.5. The first-order chi connectivity index (χ1) is 10.4. The number of nitrogens with one attached hydrogen (secondary N) is 1. The predicted octanol–water partition coefficient (Wildman–Crippen LogP) is 3.59. The van der Waals surface area contributed by atoms with Crippen LogP contribution >= 0.6 is 22.9 Å². The maximum absolute atomic E-state index is 12.9. The molecular weight excluding hydrogens is 339 g/mol. The Morgan fingerprint density at radius 1 is 1.27 bits per heavy atom. The lowest BCUT2D eigenvalue weighted by molar-refractivity contribution is -0.137. The van der Waals surface area contributed by atoms with Crippen LogP contribution in [0, 0.1) is 0 Å². The fourth-order valence-corrected chi connectivity index (χ4v) is 2.86. The molecule has 3 aromatic rings. The van der Waals surface area contributed by atoms with Gasteiger partial charge in [-0.15, -0.1) is 21.5 Å². The summed E-state index contributed by atoms with van der Waals surface area (Å²) in [6.45, 7) is 0. The largest absolute Gasteiger partial charge is 0.417 e. The van der Waals surface area contributed by atoms with Gasteiger partial charge in [0.2, 0.25) is 0 Å². The molecule has 0 aliphatic heterocycles. The van der Waals surface area contributed by atoms with Crippen molar-refractivity contribution in [2.45, 2.75) is 12.6 Å². The lowest BCUT2D eigenvalue weighted by Crippen LogP contribution is -2.05. The van der Waals surface area contributed by atoms with E-state index in [1.54, 1.807) is 5.38 Å². The molecule has 0 bridgehead atoms. The topological polar surface area (TPSA) is 67.3 Å². The monoisotopic (exact) mass is 345 g/mol. The number of hydrogen-bond acceptors (Lipinski definition) is 5. The number of nitrogens with zero attached hydrogens (tertiary/aromatic N) is 4. The van der Waals surface area contributed by atoms with Crippen LogP contribution < -0.4 is 0 Å². The standard InChI is InChI=1S/C12H7ClF3N5S/c13-9-2-1-6(3-8(9)12(14,15)16)11-17-7(5-22-11)4-10-18-20-21-19-10/h1-3,5H,4H2,(H,18,19,20,21). The Bertz CT molecular complexity index is 784. The number of halogens is 4. The second-order valence-corrected chi connectivity index (χ2v) is 5.61. The van der Waals surface area contributed by atoms with Crippen LogP contribution in [0.4, 0.5) is 13.2 Å². The van der Waals surface area contributed by atoms with Gasteiger partial charge in [0, 0.05) is 10.9 Å². The van der Waals surface area contributed by atoms with Gasteiger partial charge >= 0.3 is 6.18 Å². The molecule has 0 radical (unpaired) electrons. The Balaban J connectivity index is 1.90. The molecule has 10 heteroatoms. The van der Waals surface area contributed by atoms with E-state index < -0.39 is 11.7 Å². The normalized spacial score (nSPS) is 11.8. The fourth-order valence-electron chi connectivity index (χ4n) is 1.82. The van der Waals surface area contributed by atoms with Gasteiger partial charge in [-0.25, -0.2) is 4.98 Å². The number of alkyl halides is 3. The van der Waals surface area contributed by atoms with E-state index in [1.807, 2.05) is 0 Å². The highest BCUT2D eigenvalue weighted by Gasteiger charge is 2.33. The molecule has 3 rings (SSSR count). The third-order valence-corrected chi connectivity index (χ3v) is 4.07. The van der Waals surface area contributed by atoms with E-state index in [0.717, 1.165) is 6.07 Å². The van der Waals surface area contributed by atoms with Gasteiger partial charge < -0.3 is 0 Å². The third-order valence-electron chi connectivity index (χ3n) is 2.80. The Morgan fingerprint density at radius 2 is 2.09 bits per heavy atom. The van der Waals surface area contributed by atoms with Crippen LogP contribution in [0.25, 0.3) is 10.6 Å². The van der Waals surface area contributed by atoms with Crippen LogP contribution in [0.15, 0.2) is 23.6 Å². The fraction of sp³-hybridized carbons (Fsp3) is 0.167. The van der Waals surface area contributed by atoms with Crippen LogP contribution in [0.5, 0.6) is 0 Å². The van der Waals surface area contributed by atoms with Crippen molar-refractivity contribution in [1.29, 1.82) is 0 Å². The molecular formula is C12H7ClF3N5S. The van der Waals surface area contributed by atoms with E-state index in [1.165, 1.54) is 23.5 Å². The number of aromatic nitrogens is 5. The lowest BCUT2D eigenvalue weighted by Gasteiger charge is -2.09. The second kappa shape index (κ2) is 5.65. The number of rotatable bonds is 3. The van der Waals surface area contributed by atoms with Crippen LogP contribution in [0.1, 0.15) is 17.1 Å². The highest BCUT2D eigenvalue weighted by molar-refractivity contribution is 7.13. The van der Waals surface area contributed by atoms with Crippen LogP contribution in [-0.2, 0) is 12.6 Å². The van der Waals surface area contributed by atoms with E-state index >= 15 is 0 Å². The average Bonchev–Trinajstić information content (AvgIpc) is 3.10. The van der Waals surface area contributed by atoms with Crippen molar-refractivity contribution in [3.05, 3.63) is 45.7 Å². The van der Waals surface area contributed by atoms with Gasteiger partial charge in [-0.05, 0) is 12.1 Å². The maximum Gasteiger partial charge on any atom is 0.417 e. The van der Waals surface area contributed by atoms with Gasteiger partial charge in [-0.1, -0.05) is 22.9 Å². The molecule has 0 atom stereocenters. The van der Waals surface area contributed by atoms with Crippen molar-refractivity contribution >= 4 is 22.9 Å². The van der Waals surface area contributed by atoms with Crippen molar-refractivity contribution < 1.29 is 13.2 Å². The molecule has 0 amide bonds. The van der Waals surface area contributed by atoms with Crippen molar-refractivity contribution in [3.8, 4) is 10.6 Å². The third kappa shape index (κ3) is 3.09. The molecule has 0 saturated carbocycles. The van der Waals surface area contributed by atoms with E-state index in [0.29, 0.717) is 28.5 Å². The highest BCUT2D eigenvalue weighted by Crippen LogP contribution is 2.37. The summed E-state index contributed by atoms with van der Waals surface area (Å²) in [6.07, 6.45) is -4.15. The Hall–Kier alpha value is -2.00. The summed E-state index contributed by atoms with van der Waals surface area (Å²) < 4.78 is 38.6. The number of hydrogen-bond donors (Lipinski definition) is 1. The Kier molecular flexibility index (Phi) is 3.83. The van der Waals surface area contributed by atoms with Crippen LogP contribution in [0.3, 0.4) is 0 Å². The molecule has 1 N–H and O–H groups in total. The van der Waals surface area contributed by atoms with Crippen molar-refractivity contribution in [1.82, 2.24) is 25.6 Å². The molecule has 0 aliphatic rings. The first-order valence-electron chi connectivity index (χ1n) is 5.97. The van der Waals surface area contributed by atoms with Gasteiger partial charge in [0.25, 0.3) is 0 Å². The minimum atomic E-state index is -4.50. The average molecular weight is 346 g/mol. The van der Waals surface area contributed by atoms with E-state index in [9.17, 15) is 13.2 Å². The molecule has 1 aromatic carbocycles. The molecule has 2 heterocycles. The molecule has 22 heavy (non-hydrogen) atoms. The number of H-pyrrole nitrogens is 1. The van der Waals surface area contributed by atoms with Gasteiger partial charge in [0.1, 0.15) is 5.01 Å². The Labute approximate surface area is 131 Å². The number of thiazole rings is 1. The molecule has 0 saturated heterocycles. The summed E-state index contributed by atoms with van der Waals surface area (Å²) in [5, 5.41) is 15.2. The van der Waals surface area contributed by atoms with Gasteiger partial charge in [0.15, 0.2) is 5.82 Å². The molecule has 0 unspecified atom stereocenters. The molecule has 5 nitrogen and oxygen atoms in total. The zero-order chi connectivity index (χ0) is 15.7. The zero-order valence-corrected chi connectivity index (χ0v) is 12.3. The predicted molar refractivity (Wildman–Crippen MR) is 74.5 cm³/mol. The van der Waals surface area contributed by atoms with Crippen molar-refractivity contribution in [3.63, 3.8) is 0 Å².